The molecule has 0 aliphatic rings. The first-order valence-corrected chi connectivity index (χ1v) is 6.61. The van der Waals surface area contributed by atoms with E-state index in [0.29, 0.717) is 5.56 Å². The molecule has 0 saturated heterocycles. The van der Waals surface area contributed by atoms with Gasteiger partial charge >= 0.3 is 0 Å². The van der Waals surface area contributed by atoms with E-state index in [-0.39, 0.29) is 0 Å². The van der Waals surface area contributed by atoms with E-state index in [1.165, 1.54) is 0 Å². The molecule has 1 radical (unpaired) electrons. The Kier molecular flexibility index (Phi) is 3.13. The van der Waals surface area contributed by atoms with Crippen molar-refractivity contribution in [2.75, 3.05) is 0 Å². The van der Waals surface area contributed by atoms with E-state index in [1.54, 1.807) is 6.07 Å². The van der Waals surface area contributed by atoms with Gasteiger partial charge in [-0.15, -0.1) is 0 Å². The maximum absolute atomic E-state index is 11.1. The number of hydrogen-bond donors (Lipinski definition) is 0. The number of benzene rings is 2. The second-order valence-corrected chi connectivity index (χ2v) is 5.10. The Labute approximate surface area is 119 Å². The van der Waals surface area contributed by atoms with Gasteiger partial charge in [0, 0.05) is 21.0 Å². The lowest BCUT2D eigenvalue weighted by Gasteiger charge is -2.05. The van der Waals surface area contributed by atoms with Gasteiger partial charge in [-0.25, -0.2) is 4.98 Å². The molecule has 19 heavy (non-hydrogen) atoms. The van der Waals surface area contributed by atoms with Crippen molar-refractivity contribution < 1.29 is 4.79 Å². The van der Waals surface area contributed by atoms with Crippen LogP contribution in [0.3, 0.4) is 0 Å². The standard InChI is InChI=1S/C16H9BrNO/c17-13-7-5-11(6-8-13)16-9-12(10-19)14-3-1-2-4-15(14)18-16/h1-9H. The molecule has 1 aromatic heterocycles. The number of fused-ring (bicyclic) bond motifs is 1. The molecule has 1 heterocycles. The van der Waals surface area contributed by atoms with E-state index in [4.69, 9.17) is 0 Å². The van der Waals surface area contributed by atoms with Gasteiger partial charge in [-0.3, -0.25) is 4.79 Å². The lowest BCUT2D eigenvalue weighted by molar-refractivity contribution is 0.563. The highest BCUT2D eigenvalue weighted by Crippen LogP contribution is 2.25. The quantitative estimate of drug-likeness (QED) is 0.712. The first-order chi connectivity index (χ1) is 9.28. The molecule has 0 N–H and O–H groups in total. The van der Waals surface area contributed by atoms with Gasteiger partial charge in [0.05, 0.1) is 11.2 Å². The van der Waals surface area contributed by atoms with Crippen LogP contribution in [0.5, 0.6) is 0 Å². The normalized spacial score (nSPS) is 10.6. The van der Waals surface area contributed by atoms with E-state index >= 15 is 0 Å². The number of aromatic nitrogens is 1. The minimum atomic E-state index is 0.545. The van der Waals surface area contributed by atoms with Crippen LogP contribution >= 0.6 is 15.9 Å². The molecule has 2 nitrogen and oxygen atoms in total. The van der Waals surface area contributed by atoms with Crippen LogP contribution in [-0.4, -0.2) is 11.3 Å². The van der Waals surface area contributed by atoms with Crippen LogP contribution in [0.25, 0.3) is 22.2 Å². The molecule has 0 spiro atoms. The second kappa shape index (κ2) is 4.94. The highest BCUT2D eigenvalue weighted by atomic mass is 79.9. The Morgan fingerprint density at radius 3 is 2.47 bits per heavy atom. The number of halogens is 1. The Hall–Kier alpha value is -2.00. The van der Waals surface area contributed by atoms with Gasteiger partial charge in [-0.2, -0.15) is 0 Å². The highest BCUT2D eigenvalue weighted by molar-refractivity contribution is 9.10. The van der Waals surface area contributed by atoms with Crippen molar-refractivity contribution in [2.45, 2.75) is 0 Å². The molecule has 91 valence electrons. The van der Waals surface area contributed by atoms with E-state index < -0.39 is 0 Å². The number of carbonyl (C=O) groups excluding carboxylic acids is 1. The van der Waals surface area contributed by atoms with Crippen molar-refractivity contribution in [1.82, 2.24) is 4.98 Å². The van der Waals surface area contributed by atoms with Crippen molar-refractivity contribution in [3.8, 4) is 11.3 Å². The van der Waals surface area contributed by atoms with Crippen LogP contribution in [0, 0.1) is 0 Å². The molecule has 3 heteroatoms. The number of para-hydroxylation sites is 1. The molecule has 0 unspecified atom stereocenters. The van der Waals surface area contributed by atoms with Gasteiger partial charge in [-0.05, 0) is 24.3 Å². The molecule has 0 aliphatic carbocycles. The molecule has 0 saturated carbocycles. The van der Waals surface area contributed by atoms with Crippen LogP contribution < -0.4 is 0 Å². The van der Waals surface area contributed by atoms with Crippen molar-refractivity contribution in [2.24, 2.45) is 0 Å². The first-order valence-electron chi connectivity index (χ1n) is 5.82. The summed E-state index contributed by atoms with van der Waals surface area (Å²) in [7, 11) is 0. The van der Waals surface area contributed by atoms with Crippen LogP contribution in [0.15, 0.2) is 59.1 Å². The molecule has 2 aromatic carbocycles. The SMILES string of the molecule is O=[C]c1cc(-c2ccc(Br)cc2)nc2ccccc12. The highest BCUT2D eigenvalue weighted by Gasteiger charge is 2.07. The second-order valence-electron chi connectivity index (χ2n) is 4.18. The van der Waals surface area contributed by atoms with Crippen molar-refractivity contribution >= 4 is 33.1 Å². The summed E-state index contributed by atoms with van der Waals surface area (Å²) in [4.78, 5) is 15.7. The largest absolute Gasteiger partial charge is 0.285 e. The Morgan fingerprint density at radius 2 is 1.74 bits per heavy atom. The van der Waals surface area contributed by atoms with E-state index in [9.17, 15) is 4.79 Å². The maximum Gasteiger partial charge on any atom is 0.234 e. The Bertz CT molecular complexity index is 750. The summed E-state index contributed by atoms with van der Waals surface area (Å²) in [5.74, 6) is 0. The van der Waals surface area contributed by atoms with Crippen LogP contribution in [0.4, 0.5) is 0 Å². The van der Waals surface area contributed by atoms with Gasteiger partial charge in [0.25, 0.3) is 0 Å². The number of nitrogens with zero attached hydrogens (tertiary/aromatic N) is 1. The molecule has 0 amide bonds. The van der Waals surface area contributed by atoms with E-state index in [0.717, 1.165) is 26.6 Å². The average Bonchev–Trinajstić information content (AvgIpc) is 2.47. The lowest BCUT2D eigenvalue weighted by atomic mass is 10.1. The minimum absolute atomic E-state index is 0.545. The van der Waals surface area contributed by atoms with Gasteiger partial charge in [-0.1, -0.05) is 46.3 Å². The molecule has 0 fully saturated rings. The van der Waals surface area contributed by atoms with Crippen molar-refractivity contribution in [3.05, 3.63) is 64.6 Å². The van der Waals surface area contributed by atoms with Crippen LogP contribution in [-0.2, 0) is 4.79 Å². The monoisotopic (exact) mass is 310 g/mol. The van der Waals surface area contributed by atoms with Gasteiger partial charge in [0.1, 0.15) is 0 Å². The van der Waals surface area contributed by atoms with Gasteiger partial charge < -0.3 is 0 Å². The molecule has 0 aliphatic heterocycles. The molecule has 3 aromatic rings. The fraction of sp³-hybridized carbons (Fsp3) is 0. The summed E-state index contributed by atoms with van der Waals surface area (Å²) in [6.45, 7) is 0. The van der Waals surface area contributed by atoms with Crippen LogP contribution in [0.1, 0.15) is 5.56 Å². The summed E-state index contributed by atoms with van der Waals surface area (Å²) in [6.07, 6.45) is 1.99. The van der Waals surface area contributed by atoms with E-state index in [1.807, 2.05) is 54.8 Å². The summed E-state index contributed by atoms with van der Waals surface area (Å²) in [6, 6.07) is 17.2. The summed E-state index contributed by atoms with van der Waals surface area (Å²) < 4.78 is 1.01. The third-order valence-electron chi connectivity index (χ3n) is 2.97. The molecular formula is C16H9BrNO. The van der Waals surface area contributed by atoms with Crippen LogP contribution in [0.2, 0.25) is 0 Å². The number of pyridine rings is 1. The summed E-state index contributed by atoms with van der Waals surface area (Å²) >= 11 is 3.40. The number of hydrogen-bond acceptors (Lipinski definition) is 2. The zero-order valence-electron chi connectivity index (χ0n) is 9.93. The predicted molar refractivity (Wildman–Crippen MR) is 79.7 cm³/mol. The molecule has 0 bridgehead atoms. The van der Waals surface area contributed by atoms with Gasteiger partial charge in [0.2, 0.25) is 6.29 Å². The predicted octanol–water partition coefficient (Wildman–Crippen LogP) is 4.12. The fourth-order valence-electron chi connectivity index (χ4n) is 2.03. The fourth-order valence-corrected chi connectivity index (χ4v) is 2.29. The lowest BCUT2D eigenvalue weighted by Crippen LogP contribution is -1.91. The van der Waals surface area contributed by atoms with Gasteiger partial charge in [0.15, 0.2) is 0 Å². The Morgan fingerprint density at radius 1 is 1.00 bits per heavy atom. The average molecular weight is 311 g/mol. The summed E-state index contributed by atoms with van der Waals surface area (Å²) in [5, 5.41) is 0.832. The topological polar surface area (TPSA) is 30.0 Å². The molecule has 3 rings (SSSR count). The first kappa shape index (κ1) is 12.1. The zero-order valence-corrected chi connectivity index (χ0v) is 11.5. The smallest absolute Gasteiger partial charge is 0.234 e. The Balaban J connectivity index is 2.24. The third-order valence-corrected chi connectivity index (χ3v) is 3.49. The maximum atomic E-state index is 11.1. The number of rotatable bonds is 2. The zero-order chi connectivity index (χ0) is 13.2. The molecule has 0 atom stereocenters. The summed E-state index contributed by atoms with van der Waals surface area (Å²) in [5.41, 5.74) is 3.11. The van der Waals surface area contributed by atoms with Crippen molar-refractivity contribution in [3.63, 3.8) is 0 Å². The van der Waals surface area contributed by atoms with E-state index in [2.05, 4.69) is 20.9 Å². The third kappa shape index (κ3) is 2.29. The minimum Gasteiger partial charge on any atom is -0.285 e. The molecular weight excluding hydrogens is 302 g/mol. The van der Waals surface area contributed by atoms with Crippen molar-refractivity contribution in [1.29, 1.82) is 0 Å².